The molecule has 0 aromatic carbocycles. The van der Waals surface area contributed by atoms with Gasteiger partial charge < -0.3 is 11.5 Å². The van der Waals surface area contributed by atoms with E-state index in [1.54, 1.807) is 13.8 Å². The molecule has 0 amide bonds. The highest BCUT2D eigenvalue weighted by molar-refractivity contribution is 6.04. The standard InChI is InChI=1S/C17H24N8O4/c1-8(20-12-10(18)14(26)24(5)16(28)22(12)3)7-9(2)21-13-11(19)15(27)25(6)17(29)23(13)4/h7,18-19H2,1-6H3/b20-8+,21-9+. The summed E-state index contributed by atoms with van der Waals surface area (Å²) < 4.78 is 4.15. The molecular formula is C17H24N8O4. The molecule has 0 aliphatic rings. The first kappa shape index (κ1) is 21.6. The monoisotopic (exact) mass is 404 g/mol. The van der Waals surface area contributed by atoms with E-state index >= 15 is 0 Å². The van der Waals surface area contributed by atoms with Gasteiger partial charge in [-0.05, 0) is 13.8 Å². The number of aliphatic imine (C=N–C) groups is 2. The van der Waals surface area contributed by atoms with Gasteiger partial charge in [-0.1, -0.05) is 0 Å². The molecule has 0 aliphatic carbocycles. The molecule has 0 radical (unpaired) electrons. The minimum atomic E-state index is -0.632. The molecule has 0 bridgehead atoms. The van der Waals surface area contributed by atoms with Crippen LogP contribution in [0.15, 0.2) is 29.2 Å². The van der Waals surface area contributed by atoms with E-state index in [1.165, 1.54) is 37.3 Å². The number of hydrogen-bond acceptors (Lipinski definition) is 8. The Morgan fingerprint density at radius 2 is 1.00 bits per heavy atom. The number of aromatic nitrogens is 4. The van der Waals surface area contributed by atoms with Gasteiger partial charge in [-0.3, -0.25) is 27.9 Å². The van der Waals surface area contributed by atoms with Crippen LogP contribution in [0.3, 0.4) is 0 Å². The highest BCUT2D eigenvalue weighted by Crippen LogP contribution is 2.18. The van der Waals surface area contributed by atoms with E-state index < -0.39 is 22.5 Å². The lowest BCUT2D eigenvalue weighted by Crippen LogP contribution is -2.38. The van der Waals surface area contributed by atoms with Crippen molar-refractivity contribution in [1.29, 1.82) is 0 Å². The fourth-order valence-corrected chi connectivity index (χ4v) is 2.80. The number of nitrogen functional groups attached to an aromatic ring is 2. The van der Waals surface area contributed by atoms with Crippen LogP contribution < -0.4 is 34.0 Å². The van der Waals surface area contributed by atoms with Crippen LogP contribution in [-0.2, 0) is 28.2 Å². The largest absolute Gasteiger partial charge is 0.391 e. The second kappa shape index (κ2) is 7.73. The van der Waals surface area contributed by atoms with Gasteiger partial charge in [0.2, 0.25) is 0 Å². The van der Waals surface area contributed by atoms with E-state index in [0.29, 0.717) is 11.4 Å². The number of rotatable bonds is 4. The van der Waals surface area contributed by atoms with Gasteiger partial charge in [0.25, 0.3) is 11.1 Å². The average molecular weight is 404 g/mol. The fourth-order valence-electron chi connectivity index (χ4n) is 2.80. The molecule has 2 heterocycles. The maximum Gasteiger partial charge on any atom is 0.332 e. The van der Waals surface area contributed by atoms with Crippen molar-refractivity contribution in [3.05, 3.63) is 41.7 Å². The first-order valence-electron chi connectivity index (χ1n) is 8.57. The van der Waals surface area contributed by atoms with Crippen LogP contribution in [-0.4, -0.2) is 29.7 Å². The molecule has 2 aromatic rings. The smallest absolute Gasteiger partial charge is 0.332 e. The molecular weight excluding hydrogens is 380 g/mol. The van der Waals surface area contributed by atoms with Crippen LogP contribution in [0.4, 0.5) is 23.0 Å². The lowest BCUT2D eigenvalue weighted by atomic mass is 10.2. The van der Waals surface area contributed by atoms with Crippen LogP contribution in [0.2, 0.25) is 0 Å². The highest BCUT2D eigenvalue weighted by Gasteiger charge is 2.14. The quantitative estimate of drug-likeness (QED) is 0.615. The fraction of sp³-hybridized carbons (Fsp3) is 0.412. The van der Waals surface area contributed by atoms with Gasteiger partial charge in [-0.2, -0.15) is 0 Å². The zero-order chi connectivity index (χ0) is 22.2. The Morgan fingerprint density at radius 1 is 0.690 bits per heavy atom. The van der Waals surface area contributed by atoms with Gasteiger partial charge in [0, 0.05) is 46.0 Å². The van der Waals surface area contributed by atoms with E-state index in [9.17, 15) is 19.2 Å². The molecule has 29 heavy (non-hydrogen) atoms. The minimum absolute atomic E-state index is 0.0453. The molecule has 156 valence electrons. The number of nitrogens with zero attached hydrogens (tertiary/aromatic N) is 6. The number of anilines is 2. The van der Waals surface area contributed by atoms with Crippen molar-refractivity contribution in [3.63, 3.8) is 0 Å². The molecule has 0 aliphatic heterocycles. The van der Waals surface area contributed by atoms with Crippen molar-refractivity contribution in [2.75, 3.05) is 11.5 Å². The summed E-state index contributed by atoms with van der Waals surface area (Å²) in [6.45, 7) is 3.35. The second-order valence-corrected chi connectivity index (χ2v) is 6.76. The average Bonchev–Trinajstić information content (AvgIpc) is 2.68. The van der Waals surface area contributed by atoms with Crippen LogP contribution >= 0.6 is 0 Å². The first-order valence-corrected chi connectivity index (χ1v) is 8.57. The van der Waals surface area contributed by atoms with E-state index in [4.69, 9.17) is 11.5 Å². The van der Waals surface area contributed by atoms with Crippen molar-refractivity contribution in [3.8, 4) is 0 Å². The summed E-state index contributed by atoms with van der Waals surface area (Å²) in [6, 6.07) is 0. The van der Waals surface area contributed by atoms with E-state index in [-0.39, 0.29) is 29.4 Å². The molecule has 4 N–H and O–H groups in total. The summed E-state index contributed by atoms with van der Waals surface area (Å²) in [6.07, 6.45) is 0.228. The molecule has 0 saturated heterocycles. The summed E-state index contributed by atoms with van der Waals surface area (Å²) in [7, 11) is 5.58. The van der Waals surface area contributed by atoms with E-state index in [2.05, 4.69) is 9.98 Å². The van der Waals surface area contributed by atoms with Crippen molar-refractivity contribution < 1.29 is 0 Å². The topological polar surface area (TPSA) is 165 Å². The summed E-state index contributed by atoms with van der Waals surface area (Å²) in [5.41, 5.74) is 9.99. The van der Waals surface area contributed by atoms with Crippen molar-refractivity contribution in [2.45, 2.75) is 20.3 Å². The summed E-state index contributed by atoms with van der Waals surface area (Å²) in [4.78, 5) is 56.8. The Balaban J connectivity index is 2.50. The lowest BCUT2D eigenvalue weighted by Gasteiger charge is -2.11. The predicted molar refractivity (Wildman–Crippen MR) is 113 cm³/mol. The Bertz CT molecular complexity index is 1110. The van der Waals surface area contributed by atoms with Gasteiger partial charge in [0.1, 0.15) is 11.4 Å². The lowest BCUT2D eigenvalue weighted by molar-refractivity contribution is 0.692. The van der Waals surface area contributed by atoms with Gasteiger partial charge in [0.05, 0.1) is 0 Å². The van der Waals surface area contributed by atoms with Gasteiger partial charge in [-0.15, -0.1) is 0 Å². The summed E-state index contributed by atoms with van der Waals surface area (Å²) in [5, 5.41) is 0. The third-order valence-electron chi connectivity index (χ3n) is 4.44. The first-order chi connectivity index (χ1) is 13.4. The molecule has 0 unspecified atom stereocenters. The van der Waals surface area contributed by atoms with Crippen LogP contribution in [0.5, 0.6) is 0 Å². The summed E-state index contributed by atoms with van der Waals surface area (Å²) >= 11 is 0. The Kier molecular flexibility index (Phi) is 5.76. The Labute approximate surface area is 165 Å². The van der Waals surface area contributed by atoms with Crippen LogP contribution in [0.1, 0.15) is 20.3 Å². The Morgan fingerprint density at radius 3 is 1.31 bits per heavy atom. The molecule has 0 saturated carbocycles. The van der Waals surface area contributed by atoms with Crippen LogP contribution in [0, 0.1) is 0 Å². The molecule has 12 nitrogen and oxygen atoms in total. The molecule has 12 heteroatoms. The van der Waals surface area contributed by atoms with Gasteiger partial charge >= 0.3 is 11.4 Å². The zero-order valence-electron chi connectivity index (χ0n) is 17.2. The molecule has 0 atom stereocenters. The second-order valence-electron chi connectivity index (χ2n) is 6.76. The van der Waals surface area contributed by atoms with Crippen molar-refractivity contribution in [2.24, 2.45) is 38.2 Å². The SMILES string of the molecule is C/C(C/C(C)=N/c1c(N)c(=O)n(C)c(=O)n1C)=N\c1c(N)c(=O)n(C)c(=O)n1C. The third kappa shape index (κ3) is 3.81. The zero-order valence-corrected chi connectivity index (χ0v) is 17.2. The predicted octanol–water partition coefficient (Wildman–Crippen LogP) is -1.08. The van der Waals surface area contributed by atoms with Gasteiger partial charge in [-0.25, -0.2) is 19.6 Å². The van der Waals surface area contributed by atoms with Gasteiger partial charge in [0.15, 0.2) is 11.6 Å². The molecule has 0 spiro atoms. The van der Waals surface area contributed by atoms with E-state index in [0.717, 1.165) is 9.13 Å². The highest BCUT2D eigenvalue weighted by atomic mass is 16.2. The molecule has 2 aromatic heterocycles. The Hall–Kier alpha value is -3.70. The minimum Gasteiger partial charge on any atom is -0.391 e. The maximum atomic E-state index is 12.1. The summed E-state index contributed by atoms with van der Waals surface area (Å²) in [5.74, 6) is 0.0905. The van der Waals surface area contributed by atoms with Crippen molar-refractivity contribution >= 4 is 34.4 Å². The van der Waals surface area contributed by atoms with Crippen LogP contribution in [0.25, 0.3) is 0 Å². The van der Waals surface area contributed by atoms with Crippen molar-refractivity contribution in [1.82, 2.24) is 18.3 Å². The normalized spacial score (nSPS) is 12.5. The van der Waals surface area contributed by atoms with E-state index in [1.807, 2.05) is 0 Å². The molecule has 2 rings (SSSR count). The number of hydrogen-bond donors (Lipinski definition) is 2. The molecule has 0 fully saturated rings. The third-order valence-corrected chi connectivity index (χ3v) is 4.44. The number of nitrogens with two attached hydrogens (primary N) is 2. The maximum absolute atomic E-state index is 12.1.